The zero-order valence-electron chi connectivity index (χ0n) is 11.3. The van der Waals surface area contributed by atoms with Gasteiger partial charge in [0.05, 0.1) is 0 Å². The van der Waals surface area contributed by atoms with Gasteiger partial charge >= 0.3 is 5.82 Å². The third-order valence-corrected chi connectivity index (χ3v) is 3.43. The SMILES string of the molecule is CCCCN1CCN(c2cccc([N+](=O)[O-])n2)CC1. The van der Waals surface area contributed by atoms with Crippen LogP contribution in [0.3, 0.4) is 0 Å². The Bertz CT molecular complexity index is 430. The second-order valence-corrected chi connectivity index (χ2v) is 4.79. The second-order valence-electron chi connectivity index (χ2n) is 4.79. The van der Waals surface area contributed by atoms with Crippen molar-refractivity contribution in [2.45, 2.75) is 19.8 Å². The molecule has 0 atom stereocenters. The Morgan fingerprint density at radius 1 is 1.32 bits per heavy atom. The highest BCUT2D eigenvalue weighted by atomic mass is 16.6. The number of aromatic nitrogens is 1. The summed E-state index contributed by atoms with van der Waals surface area (Å²) in [7, 11) is 0. The van der Waals surface area contributed by atoms with Gasteiger partial charge in [-0.05, 0) is 28.9 Å². The molecule has 6 heteroatoms. The first-order valence-electron chi connectivity index (χ1n) is 6.79. The molecule has 0 aromatic carbocycles. The fraction of sp³-hybridized carbons (Fsp3) is 0.615. The Kier molecular flexibility index (Phi) is 4.68. The summed E-state index contributed by atoms with van der Waals surface area (Å²) in [6, 6.07) is 4.97. The number of hydrogen-bond donors (Lipinski definition) is 0. The van der Waals surface area contributed by atoms with Crippen molar-refractivity contribution in [3.63, 3.8) is 0 Å². The van der Waals surface area contributed by atoms with Gasteiger partial charge in [0.15, 0.2) is 0 Å². The zero-order valence-corrected chi connectivity index (χ0v) is 11.3. The lowest BCUT2D eigenvalue weighted by Crippen LogP contribution is -2.46. The summed E-state index contributed by atoms with van der Waals surface area (Å²) in [4.78, 5) is 18.9. The number of hydrogen-bond acceptors (Lipinski definition) is 5. The predicted octanol–water partition coefficient (Wildman–Crippen LogP) is 1.91. The van der Waals surface area contributed by atoms with Crippen molar-refractivity contribution >= 4 is 11.6 Å². The minimum Gasteiger partial charge on any atom is -0.358 e. The minimum absolute atomic E-state index is 0.0779. The average molecular weight is 264 g/mol. The van der Waals surface area contributed by atoms with E-state index in [4.69, 9.17) is 0 Å². The molecule has 2 heterocycles. The molecule has 19 heavy (non-hydrogen) atoms. The third-order valence-electron chi connectivity index (χ3n) is 3.43. The van der Waals surface area contributed by atoms with Crippen LogP contribution in [0.1, 0.15) is 19.8 Å². The molecular weight excluding hydrogens is 244 g/mol. The first kappa shape index (κ1) is 13.7. The summed E-state index contributed by atoms with van der Waals surface area (Å²) in [6.45, 7) is 7.13. The highest BCUT2D eigenvalue weighted by molar-refractivity contribution is 5.42. The van der Waals surface area contributed by atoms with Crippen LogP contribution in [0.5, 0.6) is 0 Å². The average Bonchev–Trinajstić information content (AvgIpc) is 2.46. The monoisotopic (exact) mass is 264 g/mol. The number of anilines is 1. The lowest BCUT2D eigenvalue weighted by molar-refractivity contribution is -0.389. The topological polar surface area (TPSA) is 62.5 Å². The van der Waals surface area contributed by atoms with E-state index < -0.39 is 4.92 Å². The highest BCUT2D eigenvalue weighted by Gasteiger charge is 2.21. The summed E-state index contributed by atoms with van der Waals surface area (Å²) in [6.07, 6.45) is 2.45. The summed E-state index contributed by atoms with van der Waals surface area (Å²) in [5.74, 6) is 0.634. The summed E-state index contributed by atoms with van der Waals surface area (Å²) < 4.78 is 0. The standard InChI is InChI=1S/C13H20N4O2/c1-2-3-7-15-8-10-16(11-9-15)12-5-4-6-13(14-12)17(18)19/h4-6H,2-3,7-11H2,1H3. The van der Waals surface area contributed by atoms with Crippen molar-refractivity contribution in [2.24, 2.45) is 0 Å². The smallest absolute Gasteiger partial charge is 0.358 e. The fourth-order valence-corrected chi connectivity index (χ4v) is 2.27. The van der Waals surface area contributed by atoms with Gasteiger partial charge in [0.25, 0.3) is 0 Å². The molecule has 2 rings (SSSR count). The van der Waals surface area contributed by atoms with Crippen LogP contribution in [0.15, 0.2) is 18.2 Å². The Balaban J connectivity index is 1.94. The summed E-state index contributed by atoms with van der Waals surface area (Å²) >= 11 is 0. The first-order chi connectivity index (χ1) is 9.20. The molecule has 0 radical (unpaired) electrons. The van der Waals surface area contributed by atoms with E-state index in [1.807, 2.05) is 6.07 Å². The van der Waals surface area contributed by atoms with Crippen LogP contribution in [-0.2, 0) is 0 Å². The number of piperazine rings is 1. The van der Waals surface area contributed by atoms with Crippen LogP contribution in [0.25, 0.3) is 0 Å². The van der Waals surface area contributed by atoms with Gasteiger partial charge in [-0.25, -0.2) is 0 Å². The van der Waals surface area contributed by atoms with Crippen molar-refractivity contribution in [1.29, 1.82) is 0 Å². The molecule has 1 aromatic rings. The van der Waals surface area contributed by atoms with Crippen LogP contribution in [0.4, 0.5) is 11.6 Å². The third kappa shape index (κ3) is 3.64. The van der Waals surface area contributed by atoms with Crippen molar-refractivity contribution in [2.75, 3.05) is 37.6 Å². The molecule has 1 fully saturated rings. The molecule has 1 aliphatic heterocycles. The van der Waals surface area contributed by atoms with E-state index in [2.05, 4.69) is 21.7 Å². The van der Waals surface area contributed by atoms with Gasteiger partial charge in [-0.15, -0.1) is 0 Å². The molecule has 6 nitrogen and oxygen atoms in total. The van der Waals surface area contributed by atoms with Gasteiger partial charge < -0.3 is 15.0 Å². The number of unbranched alkanes of at least 4 members (excludes halogenated alkanes) is 1. The van der Waals surface area contributed by atoms with E-state index in [1.165, 1.54) is 18.9 Å². The Morgan fingerprint density at radius 3 is 2.68 bits per heavy atom. The quantitative estimate of drug-likeness (QED) is 0.600. The Hall–Kier alpha value is -1.69. The van der Waals surface area contributed by atoms with Gasteiger partial charge in [-0.2, -0.15) is 0 Å². The number of rotatable bonds is 5. The van der Waals surface area contributed by atoms with E-state index in [0.717, 1.165) is 32.7 Å². The van der Waals surface area contributed by atoms with Crippen molar-refractivity contribution < 1.29 is 4.92 Å². The van der Waals surface area contributed by atoms with Gasteiger partial charge in [-0.1, -0.05) is 13.3 Å². The molecule has 0 unspecified atom stereocenters. The Morgan fingerprint density at radius 2 is 2.05 bits per heavy atom. The summed E-state index contributed by atoms with van der Waals surface area (Å²) in [5.41, 5.74) is 0. The molecular formula is C13H20N4O2. The van der Waals surface area contributed by atoms with Crippen LogP contribution < -0.4 is 4.90 Å². The van der Waals surface area contributed by atoms with E-state index >= 15 is 0 Å². The van der Waals surface area contributed by atoms with Crippen LogP contribution in [0.2, 0.25) is 0 Å². The molecule has 0 bridgehead atoms. The normalized spacial score (nSPS) is 16.6. The lowest BCUT2D eigenvalue weighted by Gasteiger charge is -2.33. The van der Waals surface area contributed by atoms with Crippen molar-refractivity contribution in [1.82, 2.24) is 9.88 Å². The van der Waals surface area contributed by atoms with Gasteiger partial charge in [0.2, 0.25) is 5.82 Å². The van der Waals surface area contributed by atoms with E-state index in [-0.39, 0.29) is 5.82 Å². The van der Waals surface area contributed by atoms with Gasteiger partial charge in [0, 0.05) is 38.3 Å². The molecule has 1 aliphatic rings. The zero-order chi connectivity index (χ0) is 13.7. The molecule has 0 N–H and O–H groups in total. The number of nitro groups is 1. The summed E-state index contributed by atoms with van der Waals surface area (Å²) in [5, 5.41) is 10.7. The van der Waals surface area contributed by atoms with E-state index in [0.29, 0.717) is 5.82 Å². The Labute approximate surface area is 113 Å². The van der Waals surface area contributed by atoms with Gasteiger partial charge in [0.1, 0.15) is 0 Å². The van der Waals surface area contributed by atoms with Crippen molar-refractivity contribution in [3.05, 3.63) is 28.3 Å². The van der Waals surface area contributed by atoms with E-state index in [9.17, 15) is 10.1 Å². The first-order valence-corrected chi connectivity index (χ1v) is 6.79. The second kappa shape index (κ2) is 6.47. The molecule has 0 amide bonds. The molecule has 0 saturated carbocycles. The van der Waals surface area contributed by atoms with Crippen molar-refractivity contribution in [3.8, 4) is 0 Å². The molecule has 0 aliphatic carbocycles. The van der Waals surface area contributed by atoms with Crippen LogP contribution in [-0.4, -0.2) is 47.5 Å². The highest BCUT2D eigenvalue weighted by Crippen LogP contribution is 2.17. The van der Waals surface area contributed by atoms with Gasteiger partial charge in [-0.3, -0.25) is 4.90 Å². The number of nitrogens with zero attached hydrogens (tertiary/aromatic N) is 4. The lowest BCUT2D eigenvalue weighted by atomic mass is 10.2. The fourth-order valence-electron chi connectivity index (χ4n) is 2.27. The molecule has 0 spiro atoms. The van der Waals surface area contributed by atoms with Crippen LogP contribution >= 0.6 is 0 Å². The molecule has 1 saturated heterocycles. The van der Waals surface area contributed by atoms with Crippen LogP contribution in [0, 0.1) is 10.1 Å². The molecule has 104 valence electrons. The number of pyridine rings is 1. The maximum absolute atomic E-state index is 10.7. The molecule has 1 aromatic heterocycles. The van der Waals surface area contributed by atoms with E-state index in [1.54, 1.807) is 6.07 Å². The predicted molar refractivity (Wildman–Crippen MR) is 74.5 cm³/mol. The maximum atomic E-state index is 10.7. The minimum atomic E-state index is -0.443. The largest absolute Gasteiger partial charge is 0.365 e. The maximum Gasteiger partial charge on any atom is 0.365 e.